The first-order chi connectivity index (χ1) is 14.0. The van der Waals surface area contributed by atoms with Gasteiger partial charge in [-0.05, 0) is 29.8 Å². The minimum absolute atomic E-state index is 0.0500. The van der Waals surface area contributed by atoms with Crippen LogP contribution in [0, 0.1) is 11.7 Å². The zero-order chi connectivity index (χ0) is 20.6. The zero-order valence-electron chi connectivity index (χ0n) is 15.7. The number of benzene rings is 1. The van der Waals surface area contributed by atoms with Gasteiger partial charge in [-0.1, -0.05) is 23.7 Å². The Morgan fingerprint density at radius 1 is 1.28 bits per heavy atom. The smallest absolute Gasteiger partial charge is 0.270 e. The van der Waals surface area contributed by atoms with Crippen molar-refractivity contribution in [2.24, 2.45) is 5.92 Å². The summed E-state index contributed by atoms with van der Waals surface area (Å²) >= 11 is 5.77. The lowest BCUT2D eigenvalue weighted by molar-refractivity contribution is -0.120. The SMILES string of the molecule is O=C(CNC(=O)c1ccccn1)NC[C@@H]1CNCCO[C@H]1c1ccc(Cl)c(F)c1. The van der Waals surface area contributed by atoms with E-state index in [-0.39, 0.29) is 35.2 Å². The number of nitrogens with one attached hydrogen (secondary N) is 3. The van der Waals surface area contributed by atoms with E-state index in [2.05, 4.69) is 20.9 Å². The van der Waals surface area contributed by atoms with Crippen LogP contribution in [0.1, 0.15) is 22.2 Å². The first-order valence-electron chi connectivity index (χ1n) is 9.28. The molecule has 9 heteroatoms. The molecule has 3 N–H and O–H groups in total. The van der Waals surface area contributed by atoms with Gasteiger partial charge in [0.15, 0.2) is 0 Å². The molecule has 0 unspecified atom stereocenters. The fraction of sp³-hybridized carbons (Fsp3) is 0.350. The number of hydrogen-bond acceptors (Lipinski definition) is 5. The van der Waals surface area contributed by atoms with Gasteiger partial charge in [-0.15, -0.1) is 0 Å². The van der Waals surface area contributed by atoms with Gasteiger partial charge in [0.05, 0.1) is 24.3 Å². The van der Waals surface area contributed by atoms with Crippen LogP contribution in [0.15, 0.2) is 42.6 Å². The van der Waals surface area contributed by atoms with Gasteiger partial charge in [-0.3, -0.25) is 14.6 Å². The van der Waals surface area contributed by atoms with Crippen molar-refractivity contribution >= 4 is 23.4 Å². The van der Waals surface area contributed by atoms with Gasteiger partial charge in [0, 0.05) is 31.7 Å². The van der Waals surface area contributed by atoms with E-state index in [0.717, 1.165) is 0 Å². The van der Waals surface area contributed by atoms with Crippen LogP contribution >= 0.6 is 11.6 Å². The highest BCUT2D eigenvalue weighted by Crippen LogP contribution is 2.29. The molecular weight excluding hydrogens is 399 g/mol. The first kappa shape index (κ1) is 21.2. The molecule has 0 spiro atoms. The van der Waals surface area contributed by atoms with Crippen LogP contribution in [0.4, 0.5) is 4.39 Å². The predicted octanol–water partition coefficient (Wildman–Crippen LogP) is 1.70. The average molecular weight is 421 g/mol. The number of rotatable bonds is 6. The third-order valence-electron chi connectivity index (χ3n) is 4.55. The second-order valence-corrected chi connectivity index (χ2v) is 7.04. The summed E-state index contributed by atoms with van der Waals surface area (Å²) < 4.78 is 19.8. The number of ether oxygens (including phenoxy) is 1. The van der Waals surface area contributed by atoms with Crippen molar-refractivity contribution in [1.29, 1.82) is 0 Å². The largest absolute Gasteiger partial charge is 0.372 e. The van der Waals surface area contributed by atoms with Crippen molar-refractivity contribution in [3.8, 4) is 0 Å². The third kappa shape index (κ3) is 5.96. The molecule has 2 heterocycles. The Labute approximate surface area is 173 Å². The van der Waals surface area contributed by atoms with Crippen molar-refractivity contribution in [2.45, 2.75) is 6.10 Å². The molecule has 1 aliphatic heterocycles. The zero-order valence-corrected chi connectivity index (χ0v) is 16.4. The maximum atomic E-state index is 13.9. The predicted molar refractivity (Wildman–Crippen MR) is 106 cm³/mol. The van der Waals surface area contributed by atoms with Crippen molar-refractivity contribution in [3.63, 3.8) is 0 Å². The summed E-state index contributed by atoms with van der Waals surface area (Å²) in [6.07, 6.45) is 1.12. The molecule has 154 valence electrons. The molecule has 2 amide bonds. The molecule has 0 saturated carbocycles. The second-order valence-electron chi connectivity index (χ2n) is 6.63. The Kier molecular flexibility index (Phi) is 7.51. The highest BCUT2D eigenvalue weighted by molar-refractivity contribution is 6.30. The van der Waals surface area contributed by atoms with E-state index in [1.807, 2.05) is 0 Å². The fourth-order valence-electron chi connectivity index (χ4n) is 3.08. The van der Waals surface area contributed by atoms with E-state index < -0.39 is 11.7 Å². The molecular formula is C20H22ClFN4O3. The fourth-order valence-corrected chi connectivity index (χ4v) is 3.20. The minimum atomic E-state index is -0.509. The highest BCUT2D eigenvalue weighted by Gasteiger charge is 2.27. The van der Waals surface area contributed by atoms with Gasteiger partial charge in [0.2, 0.25) is 5.91 Å². The van der Waals surface area contributed by atoms with Crippen LogP contribution in [-0.2, 0) is 9.53 Å². The number of pyridine rings is 1. The standard InChI is InChI=1S/C20H22ClFN4O3/c21-15-5-4-13(9-16(15)22)19-14(10-23-7-8-29-19)11-25-18(27)12-26-20(28)17-3-1-2-6-24-17/h1-6,9,14,19,23H,7-8,10-12H2,(H,25,27)(H,26,28)/t14-,19-/m0/s1. The number of nitrogens with zero attached hydrogens (tertiary/aromatic N) is 1. The minimum Gasteiger partial charge on any atom is -0.372 e. The Morgan fingerprint density at radius 2 is 2.14 bits per heavy atom. The molecule has 1 fully saturated rings. The van der Waals surface area contributed by atoms with E-state index in [0.29, 0.717) is 31.8 Å². The maximum Gasteiger partial charge on any atom is 0.270 e. The van der Waals surface area contributed by atoms with Gasteiger partial charge in [0.1, 0.15) is 11.5 Å². The number of carbonyl (C=O) groups excluding carboxylic acids is 2. The van der Waals surface area contributed by atoms with Gasteiger partial charge in [0.25, 0.3) is 5.91 Å². The first-order valence-corrected chi connectivity index (χ1v) is 9.65. The summed E-state index contributed by atoms with van der Waals surface area (Å²) in [6.45, 7) is 1.86. The number of halogens is 2. The van der Waals surface area contributed by atoms with Gasteiger partial charge in [-0.25, -0.2) is 4.39 Å². The molecule has 0 bridgehead atoms. The van der Waals surface area contributed by atoms with Crippen molar-refractivity contribution < 1.29 is 18.7 Å². The molecule has 3 rings (SSSR count). The molecule has 1 aromatic carbocycles. The molecule has 29 heavy (non-hydrogen) atoms. The highest BCUT2D eigenvalue weighted by atomic mass is 35.5. The average Bonchev–Trinajstić information content (AvgIpc) is 2.98. The quantitative estimate of drug-likeness (QED) is 0.661. The lowest BCUT2D eigenvalue weighted by atomic mass is 9.95. The van der Waals surface area contributed by atoms with Gasteiger partial charge in [-0.2, -0.15) is 0 Å². The summed E-state index contributed by atoms with van der Waals surface area (Å²) in [6, 6.07) is 9.55. The molecule has 2 atom stereocenters. The van der Waals surface area contributed by atoms with E-state index >= 15 is 0 Å². The van der Waals surface area contributed by atoms with Crippen molar-refractivity contribution in [2.75, 3.05) is 32.8 Å². The lowest BCUT2D eigenvalue weighted by Crippen LogP contribution is -2.41. The number of carbonyl (C=O) groups is 2. The maximum absolute atomic E-state index is 13.9. The summed E-state index contributed by atoms with van der Waals surface area (Å²) in [5.41, 5.74) is 0.907. The van der Waals surface area contributed by atoms with Crippen molar-refractivity contribution in [1.82, 2.24) is 20.9 Å². The lowest BCUT2D eigenvalue weighted by Gasteiger charge is -2.25. The Hall–Kier alpha value is -2.55. The monoisotopic (exact) mass is 420 g/mol. The Morgan fingerprint density at radius 3 is 2.90 bits per heavy atom. The molecule has 0 radical (unpaired) electrons. The number of hydrogen-bond donors (Lipinski definition) is 3. The van der Waals surface area contributed by atoms with Crippen molar-refractivity contribution in [3.05, 3.63) is 64.7 Å². The van der Waals surface area contributed by atoms with Crippen LogP contribution in [0.5, 0.6) is 0 Å². The summed E-state index contributed by atoms with van der Waals surface area (Å²) in [5.74, 6) is -1.38. The van der Waals surface area contributed by atoms with E-state index in [4.69, 9.17) is 16.3 Å². The van der Waals surface area contributed by atoms with Crippen LogP contribution in [0.25, 0.3) is 0 Å². The van der Waals surface area contributed by atoms with Gasteiger partial charge < -0.3 is 20.7 Å². The summed E-state index contributed by atoms with van der Waals surface area (Å²) in [5, 5.41) is 8.62. The summed E-state index contributed by atoms with van der Waals surface area (Å²) in [7, 11) is 0. The van der Waals surface area contributed by atoms with Crippen LogP contribution in [-0.4, -0.2) is 49.6 Å². The van der Waals surface area contributed by atoms with Crippen LogP contribution < -0.4 is 16.0 Å². The number of aromatic nitrogens is 1. The Balaban J connectivity index is 1.55. The number of amides is 2. The normalized spacial score (nSPS) is 19.2. The van der Waals surface area contributed by atoms with E-state index in [9.17, 15) is 14.0 Å². The molecule has 1 saturated heterocycles. The van der Waals surface area contributed by atoms with E-state index in [1.165, 1.54) is 18.3 Å². The molecule has 1 aromatic heterocycles. The molecule has 1 aliphatic rings. The second kappa shape index (κ2) is 10.3. The molecule has 2 aromatic rings. The van der Waals surface area contributed by atoms with Crippen LogP contribution in [0.2, 0.25) is 5.02 Å². The third-order valence-corrected chi connectivity index (χ3v) is 4.86. The van der Waals surface area contributed by atoms with Crippen LogP contribution in [0.3, 0.4) is 0 Å². The molecule has 0 aliphatic carbocycles. The van der Waals surface area contributed by atoms with Gasteiger partial charge >= 0.3 is 0 Å². The summed E-state index contributed by atoms with van der Waals surface area (Å²) in [4.78, 5) is 28.1. The van der Waals surface area contributed by atoms with E-state index in [1.54, 1.807) is 24.3 Å². The Bertz CT molecular complexity index is 853. The topological polar surface area (TPSA) is 92.4 Å². The molecule has 7 nitrogen and oxygen atoms in total.